The minimum absolute atomic E-state index is 0.0179. The number of rotatable bonds is 5. The van der Waals surface area contributed by atoms with Crippen molar-refractivity contribution >= 4 is 73.6 Å². The summed E-state index contributed by atoms with van der Waals surface area (Å²) in [6.45, 7) is 0. The number of aromatic nitrogens is 1. The molecule has 1 saturated heterocycles. The molecule has 5 rings (SSSR count). The fraction of sp³-hybridized carbons (Fsp3) is 0. The Balaban J connectivity index is 1.30. The van der Waals surface area contributed by atoms with Gasteiger partial charge in [0.15, 0.2) is 14.6 Å². The SMILES string of the molecule is O=C1NC(=Nc2ccc(F)cc2)S/C1=C\c1ccc(Sc2nc3ccc([N+](=O)[O-])cc3s2)o1. The molecule has 0 aliphatic carbocycles. The van der Waals surface area contributed by atoms with E-state index in [1.165, 1.54) is 59.5 Å². The van der Waals surface area contributed by atoms with Crippen molar-refractivity contribution in [2.24, 2.45) is 4.99 Å². The molecule has 1 aliphatic heterocycles. The molecule has 1 fully saturated rings. The second kappa shape index (κ2) is 8.81. The summed E-state index contributed by atoms with van der Waals surface area (Å²) in [6, 6.07) is 13.7. The Kier molecular flexibility index (Phi) is 5.70. The molecule has 0 spiro atoms. The van der Waals surface area contributed by atoms with Crippen LogP contribution in [0.4, 0.5) is 15.8 Å². The van der Waals surface area contributed by atoms with Crippen molar-refractivity contribution in [3.63, 3.8) is 0 Å². The van der Waals surface area contributed by atoms with Gasteiger partial charge in [-0.15, -0.1) is 11.3 Å². The van der Waals surface area contributed by atoms with Gasteiger partial charge in [0.2, 0.25) is 0 Å². The molecular formula is C21H11FN4O4S3. The van der Waals surface area contributed by atoms with Crippen molar-refractivity contribution in [2.45, 2.75) is 9.43 Å². The molecule has 0 radical (unpaired) electrons. The van der Waals surface area contributed by atoms with Gasteiger partial charge in [0.05, 0.1) is 25.7 Å². The summed E-state index contributed by atoms with van der Waals surface area (Å²) < 4.78 is 20.2. The fourth-order valence-corrected chi connectivity index (χ4v) is 5.67. The first kappa shape index (κ1) is 21.4. The molecule has 164 valence electrons. The van der Waals surface area contributed by atoms with Crippen molar-refractivity contribution in [2.75, 3.05) is 0 Å². The number of amides is 1. The van der Waals surface area contributed by atoms with Crippen LogP contribution in [0, 0.1) is 15.9 Å². The maximum atomic E-state index is 13.0. The van der Waals surface area contributed by atoms with Gasteiger partial charge >= 0.3 is 0 Å². The molecular weight excluding hydrogens is 487 g/mol. The van der Waals surface area contributed by atoms with Gasteiger partial charge in [-0.2, -0.15) is 0 Å². The van der Waals surface area contributed by atoms with E-state index in [1.807, 2.05) is 0 Å². The number of aliphatic imine (C=N–C) groups is 1. The number of nitro groups is 1. The summed E-state index contributed by atoms with van der Waals surface area (Å²) in [5.74, 6) is -0.185. The summed E-state index contributed by atoms with van der Waals surface area (Å²) in [4.78, 5) is 31.9. The van der Waals surface area contributed by atoms with Crippen LogP contribution >= 0.6 is 34.9 Å². The van der Waals surface area contributed by atoms with E-state index < -0.39 is 4.92 Å². The largest absolute Gasteiger partial charge is 0.450 e. The lowest BCUT2D eigenvalue weighted by Gasteiger charge is -1.95. The molecule has 1 N–H and O–H groups in total. The van der Waals surface area contributed by atoms with Gasteiger partial charge in [-0.1, -0.05) is 0 Å². The number of nitrogens with zero attached hydrogens (tertiary/aromatic N) is 3. The van der Waals surface area contributed by atoms with E-state index in [9.17, 15) is 19.3 Å². The third-order valence-electron chi connectivity index (χ3n) is 4.33. The third kappa shape index (κ3) is 4.82. The molecule has 4 aromatic rings. The summed E-state index contributed by atoms with van der Waals surface area (Å²) in [6.07, 6.45) is 1.61. The van der Waals surface area contributed by atoms with Gasteiger partial charge in [-0.3, -0.25) is 14.9 Å². The first-order valence-electron chi connectivity index (χ1n) is 9.31. The second-order valence-corrected chi connectivity index (χ2v) is 9.92. The van der Waals surface area contributed by atoms with Gasteiger partial charge in [0.25, 0.3) is 11.6 Å². The molecule has 3 heterocycles. The van der Waals surface area contributed by atoms with Gasteiger partial charge in [-0.05, 0) is 66.0 Å². The lowest BCUT2D eigenvalue weighted by molar-refractivity contribution is -0.384. The first-order valence-corrected chi connectivity index (χ1v) is 11.8. The van der Waals surface area contributed by atoms with Gasteiger partial charge in [-0.25, -0.2) is 14.4 Å². The van der Waals surface area contributed by atoms with E-state index in [2.05, 4.69) is 15.3 Å². The van der Waals surface area contributed by atoms with Crippen molar-refractivity contribution < 1.29 is 18.5 Å². The Bertz CT molecular complexity index is 1460. The average Bonchev–Trinajstić information content (AvgIpc) is 3.48. The predicted molar refractivity (Wildman–Crippen MR) is 126 cm³/mol. The molecule has 33 heavy (non-hydrogen) atoms. The predicted octanol–water partition coefficient (Wildman–Crippen LogP) is 5.98. The van der Waals surface area contributed by atoms with Crippen molar-refractivity contribution in [3.8, 4) is 0 Å². The Morgan fingerprint density at radius 2 is 2.00 bits per heavy atom. The highest BCUT2D eigenvalue weighted by atomic mass is 32.2. The molecule has 8 nitrogen and oxygen atoms in total. The van der Waals surface area contributed by atoms with Crippen LogP contribution in [-0.4, -0.2) is 21.0 Å². The Morgan fingerprint density at radius 3 is 2.79 bits per heavy atom. The summed E-state index contributed by atoms with van der Waals surface area (Å²) >= 11 is 3.78. The Hall–Kier alpha value is -3.48. The van der Waals surface area contributed by atoms with Crippen LogP contribution in [-0.2, 0) is 4.79 Å². The monoisotopic (exact) mass is 498 g/mol. The highest BCUT2D eigenvalue weighted by molar-refractivity contribution is 8.18. The van der Waals surface area contributed by atoms with Crippen LogP contribution in [0.2, 0.25) is 0 Å². The number of carbonyl (C=O) groups excluding carboxylic acids is 1. The minimum Gasteiger partial charge on any atom is -0.450 e. The highest BCUT2D eigenvalue weighted by Crippen LogP contribution is 2.37. The van der Waals surface area contributed by atoms with E-state index >= 15 is 0 Å². The van der Waals surface area contributed by atoms with Crippen molar-refractivity contribution in [1.82, 2.24) is 10.3 Å². The third-order valence-corrected chi connectivity index (χ3v) is 7.24. The smallest absolute Gasteiger partial charge is 0.270 e. The van der Waals surface area contributed by atoms with Crippen LogP contribution in [0.25, 0.3) is 16.3 Å². The number of thioether (sulfide) groups is 1. The number of thiazole rings is 1. The molecule has 12 heteroatoms. The normalized spacial score (nSPS) is 16.1. The topological polar surface area (TPSA) is 111 Å². The molecule has 0 unspecified atom stereocenters. The minimum atomic E-state index is -0.439. The fourth-order valence-electron chi connectivity index (χ4n) is 2.84. The quantitative estimate of drug-likeness (QED) is 0.205. The Morgan fingerprint density at radius 1 is 1.18 bits per heavy atom. The number of halogens is 1. The Labute approximate surface area is 197 Å². The number of amidine groups is 1. The van der Waals surface area contributed by atoms with Crippen LogP contribution in [0.5, 0.6) is 0 Å². The molecule has 0 saturated carbocycles. The molecule has 1 amide bonds. The van der Waals surface area contributed by atoms with Crippen LogP contribution in [0.15, 0.2) is 78.3 Å². The van der Waals surface area contributed by atoms with Gasteiger partial charge < -0.3 is 9.73 Å². The standard InChI is InChI=1S/C21H11FN4O4S3/c22-11-1-3-12(4-2-11)23-20-25-19(27)17(31-20)10-14-6-8-18(30-14)33-21-24-15-7-5-13(26(28)29)9-16(15)32-21/h1-10H,(H,23,25,27)/b17-10-. The zero-order chi connectivity index (χ0) is 22.9. The second-order valence-electron chi connectivity index (χ2n) is 6.61. The summed E-state index contributed by atoms with van der Waals surface area (Å²) in [5, 5.41) is 14.6. The average molecular weight is 499 g/mol. The summed E-state index contributed by atoms with van der Waals surface area (Å²) in [7, 11) is 0. The zero-order valence-corrected chi connectivity index (χ0v) is 18.8. The van der Waals surface area contributed by atoms with E-state index in [0.717, 1.165) is 11.8 Å². The van der Waals surface area contributed by atoms with Crippen molar-refractivity contribution in [1.29, 1.82) is 0 Å². The zero-order valence-electron chi connectivity index (χ0n) is 16.4. The van der Waals surface area contributed by atoms with E-state index in [1.54, 1.807) is 24.3 Å². The molecule has 0 bridgehead atoms. The number of fused-ring (bicyclic) bond motifs is 1. The number of hydrogen-bond donors (Lipinski definition) is 1. The number of hydrogen-bond acceptors (Lipinski definition) is 9. The van der Waals surface area contributed by atoms with Crippen molar-refractivity contribution in [3.05, 3.63) is 81.2 Å². The molecule has 1 aliphatic rings. The summed E-state index contributed by atoms with van der Waals surface area (Å²) in [5.41, 5.74) is 1.22. The van der Waals surface area contributed by atoms with E-state index in [4.69, 9.17) is 4.42 Å². The molecule has 2 aromatic carbocycles. The number of non-ortho nitro benzene ring substituents is 1. The van der Waals surface area contributed by atoms with Gasteiger partial charge in [0, 0.05) is 18.2 Å². The number of nitrogens with one attached hydrogen (secondary N) is 1. The molecule has 0 atom stereocenters. The maximum Gasteiger partial charge on any atom is 0.270 e. The first-order chi connectivity index (χ1) is 15.9. The molecule has 2 aromatic heterocycles. The number of furan rings is 1. The van der Waals surface area contributed by atoms with Crippen LogP contribution in [0.3, 0.4) is 0 Å². The van der Waals surface area contributed by atoms with Crippen LogP contribution < -0.4 is 5.32 Å². The number of carbonyl (C=O) groups is 1. The lowest BCUT2D eigenvalue weighted by atomic mass is 10.3. The number of nitro benzene ring substituents is 1. The maximum absolute atomic E-state index is 13.0. The van der Waals surface area contributed by atoms with Gasteiger partial charge in [0.1, 0.15) is 11.6 Å². The van der Waals surface area contributed by atoms with Crippen LogP contribution in [0.1, 0.15) is 5.76 Å². The van der Waals surface area contributed by atoms with E-state index in [0.29, 0.717) is 41.2 Å². The lowest BCUT2D eigenvalue weighted by Crippen LogP contribution is -2.19. The highest BCUT2D eigenvalue weighted by Gasteiger charge is 2.24. The van der Waals surface area contributed by atoms with E-state index in [-0.39, 0.29) is 17.4 Å². The number of benzene rings is 2.